The molecule has 0 heterocycles. The van der Waals surface area contributed by atoms with Crippen LogP contribution >= 0.6 is 28.1 Å². The quantitative estimate of drug-likeness (QED) is 0.760. The second kappa shape index (κ2) is 6.23. The first-order valence-electron chi connectivity index (χ1n) is 6.42. The lowest BCUT2D eigenvalue weighted by atomic mass is 9.82. The molecule has 0 unspecified atom stereocenters. The van der Waals surface area contributed by atoms with Crippen LogP contribution in [0.5, 0.6) is 0 Å². The zero-order valence-electron chi connectivity index (χ0n) is 12.3. The molecule has 4 heteroatoms. The molecule has 106 valence electrons. The zero-order chi connectivity index (χ0) is 14.7. The number of rotatable bonds is 3. The van der Waals surface area contributed by atoms with Crippen LogP contribution in [0.1, 0.15) is 41.0 Å². The topological polar surface area (TPSA) is 24.1 Å². The van der Waals surface area contributed by atoms with Crippen molar-refractivity contribution in [3.05, 3.63) is 28.7 Å². The molecule has 0 amide bonds. The van der Waals surface area contributed by atoms with Crippen LogP contribution < -0.4 is 10.6 Å². The summed E-state index contributed by atoms with van der Waals surface area (Å²) in [6.07, 6.45) is 1.04. The number of hydrogen-bond acceptors (Lipinski definition) is 1. The number of benzene rings is 1. The fraction of sp³-hybridized carbons (Fsp3) is 0.533. The fourth-order valence-electron chi connectivity index (χ4n) is 2.37. The highest BCUT2D eigenvalue weighted by Gasteiger charge is 2.25. The van der Waals surface area contributed by atoms with Gasteiger partial charge in [0.05, 0.1) is 0 Å². The molecular weight excluding hydrogens is 320 g/mol. The van der Waals surface area contributed by atoms with Crippen molar-refractivity contribution in [3.8, 4) is 0 Å². The number of halogens is 1. The summed E-state index contributed by atoms with van der Waals surface area (Å²) in [6.45, 7) is 11.1. The summed E-state index contributed by atoms with van der Waals surface area (Å²) < 4.78 is 1.06. The second-order valence-electron chi connectivity index (χ2n) is 6.71. The number of nitrogens with one attached hydrogen (secondary N) is 2. The van der Waals surface area contributed by atoms with E-state index in [4.69, 9.17) is 12.2 Å². The van der Waals surface area contributed by atoms with Gasteiger partial charge in [0, 0.05) is 15.7 Å². The minimum Gasteiger partial charge on any atom is -0.358 e. The van der Waals surface area contributed by atoms with E-state index in [0.717, 1.165) is 16.6 Å². The summed E-state index contributed by atoms with van der Waals surface area (Å²) in [5, 5.41) is 7.26. The molecule has 0 spiro atoms. The van der Waals surface area contributed by atoms with Crippen molar-refractivity contribution >= 4 is 38.9 Å². The third kappa shape index (κ3) is 6.92. The average Bonchev–Trinajstić information content (AvgIpc) is 2.16. The van der Waals surface area contributed by atoms with Gasteiger partial charge in [0.1, 0.15) is 0 Å². The molecule has 0 saturated heterocycles. The van der Waals surface area contributed by atoms with Gasteiger partial charge >= 0.3 is 0 Å². The van der Waals surface area contributed by atoms with Crippen LogP contribution in [0.2, 0.25) is 0 Å². The molecule has 19 heavy (non-hydrogen) atoms. The van der Waals surface area contributed by atoms with Crippen molar-refractivity contribution in [1.82, 2.24) is 5.32 Å². The van der Waals surface area contributed by atoms with Gasteiger partial charge in [-0.1, -0.05) is 36.7 Å². The van der Waals surface area contributed by atoms with Crippen LogP contribution in [0.15, 0.2) is 28.7 Å². The van der Waals surface area contributed by atoms with Crippen molar-refractivity contribution in [2.75, 3.05) is 5.32 Å². The molecule has 1 aromatic rings. The molecule has 0 radical (unpaired) electrons. The van der Waals surface area contributed by atoms with Crippen LogP contribution in [-0.4, -0.2) is 10.7 Å². The molecule has 0 atom stereocenters. The molecule has 1 aromatic carbocycles. The summed E-state index contributed by atoms with van der Waals surface area (Å²) in [5.74, 6) is 0. The van der Waals surface area contributed by atoms with E-state index in [1.165, 1.54) is 0 Å². The van der Waals surface area contributed by atoms with E-state index < -0.39 is 0 Å². The molecule has 0 fully saturated rings. The first-order chi connectivity index (χ1) is 8.57. The normalized spacial score (nSPS) is 12.1. The molecule has 0 aliphatic heterocycles. The molecule has 2 N–H and O–H groups in total. The van der Waals surface area contributed by atoms with E-state index in [0.29, 0.717) is 5.11 Å². The molecule has 1 rings (SSSR count). The van der Waals surface area contributed by atoms with Crippen LogP contribution in [-0.2, 0) is 0 Å². The number of thiocarbonyl (C=S) groups is 1. The SMILES string of the molecule is CC(C)(C)CC(C)(C)NC(=S)Nc1ccc(Br)cc1. The molecule has 0 bridgehead atoms. The van der Waals surface area contributed by atoms with Crippen molar-refractivity contribution < 1.29 is 0 Å². The molecular formula is C15H23BrN2S. The van der Waals surface area contributed by atoms with Crippen molar-refractivity contribution in [1.29, 1.82) is 0 Å². The Morgan fingerprint density at radius 3 is 2.11 bits per heavy atom. The third-order valence-corrected chi connectivity index (χ3v) is 3.26. The lowest BCUT2D eigenvalue weighted by Crippen LogP contribution is -2.47. The second-order valence-corrected chi connectivity index (χ2v) is 8.03. The molecule has 0 saturated carbocycles. The Hall–Kier alpha value is -0.610. The molecule has 0 aromatic heterocycles. The van der Waals surface area contributed by atoms with E-state index in [1.807, 2.05) is 24.3 Å². The van der Waals surface area contributed by atoms with E-state index >= 15 is 0 Å². The highest BCUT2D eigenvalue weighted by atomic mass is 79.9. The molecule has 2 nitrogen and oxygen atoms in total. The standard InChI is InChI=1S/C15H23BrN2S/c1-14(2,3)10-15(4,5)18-13(19)17-12-8-6-11(16)7-9-12/h6-9H,10H2,1-5H3,(H2,17,18,19). The van der Waals surface area contributed by atoms with Gasteiger partial charge < -0.3 is 10.6 Å². The highest BCUT2D eigenvalue weighted by molar-refractivity contribution is 9.10. The predicted molar refractivity (Wildman–Crippen MR) is 91.6 cm³/mol. The smallest absolute Gasteiger partial charge is 0.171 e. The Bertz CT molecular complexity index is 432. The van der Waals surface area contributed by atoms with Gasteiger partial charge in [-0.2, -0.15) is 0 Å². The fourth-order valence-corrected chi connectivity index (χ4v) is 3.03. The van der Waals surface area contributed by atoms with Crippen molar-refractivity contribution in [3.63, 3.8) is 0 Å². The van der Waals surface area contributed by atoms with Crippen molar-refractivity contribution in [2.24, 2.45) is 5.41 Å². The van der Waals surface area contributed by atoms with Gasteiger partial charge in [-0.05, 0) is 62.2 Å². The van der Waals surface area contributed by atoms with Crippen LogP contribution in [0.4, 0.5) is 5.69 Å². The Morgan fingerprint density at radius 2 is 1.63 bits per heavy atom. The highest BCUT2D eigenvalue weighted by Crippen LogP contribution is 2.26. The van der Waals surface area contributed by atoms with E-state index in [1.54, 1.807) is 0 Å². The number of anilines is 1. The Kier molecular flexibility index (Phi) is 5.39. The van der Waals surface area contributed by atoms with E-state index in [9.17, 15) is 0 Å². The predicted octanol–water partition coefficient (Wildman–Crippen LogP) is 4.95. The van der Waals surface area contributed by atoms with Crippen molar-refractivity contribution in [2.45, 2.75) is 46.6 Å². The van der Waals surface area contributed by atoms with Gasteiger partial charge in [0.25, 0.3) is 0 Å². The summed E-state index contributed by atoms with van der Waals surface area (Å²) in [7, 11) is 0. The maximum atomic E-state index is 5.37. The first kappa shape index (κ1) is 16.4. The molecule has 0 aliphatic rings. The Balaban J connectivity index is 2.57. The monoisotopic (exact) mass is 342 g/mol. The van der Waals surface area contributed by atoms with Crippen LogP contribution in [0, 0.1) is 5.41 Å². The van der Waals surface area contributed by atoms with Gasteiger partial charge in [-0.15, -0.1) is 0 Å². The van der Waals surface area contributed by atoms with Crippen LogP contribution in [0.25, 0.3) is 0 Å². The van der Waals surface area contributed by atoms with Gasteiger partial charge in [0.2, 0.25) is 0 Å². The Labute approximate surface area is 130 Å². The minimum atomic E-state index is -0.0301. The summed E-state index contributed by atoms with van der Waals surface area (Å²) in [5.41, 5.74) is 1.23. The minimum absolute atomic E-state index is 0.0301. The zero-order valence-corrected chi connectivity index (χ0v) is 14.7. The van der Waals surface area contributed by atoms with E-state index in [2.05, 4.69) is 61.2 Å². The Morgan fingerprint density at radius 1 is 1.11 bits per heavy atom. The summed E-state index contributed by atoms with van der Waals surface area (Å²) in [6, 6.07) is 7.97. The lowest BCUT2D eigenvalue weighted by Gasteiger charge is -2.34. The van der Waals surface area contributed by atoms with E-state index in [-0.39, 0.29) is 11.0 Å². The molecule has 0 aliphatic carbocycles. The van der Waals surface area contributed by atoms with Gasteiger partial charge in [0.15, 0.2) is 5.11 Å². The van der Waals surface area contributed by atoms with Gasteiger partial charge in [-0.25, -0.2) is 0 Å². The van der Waals surface area contributed by atoms with Gasteiger partial charge in [-0.3, -0.25) is 0 Å². The largest absolute Gasteiger partial charge is 0.358 e. The average molecular weight is 343 g/mol. The lowest BCUT2D eigenvalue weighted by molar-refractivity contribution is 0.268. The first-order valence-corrected chi connectivity index (χ1v) is 7.62. The van der Waals surface area contributed by atoms with Crippen LogP contribution in [0.3, 0.4) is 0 Å². The summed E-state index contributed by atoms with van der Waals surface area (Å²) in [4.78, 5) is 0. The third-order valence-electron chi connectivity index (χ3n) is 2.53. The maximum absolute atomic E-state index is 5.37. The summed E-state index contributed by atoms with van der Waals surface area (Å²) >= 11 is 8.79. The maximum Gasteiger partial charge on any atom is 0.171 e. The number of hydrogen-bond donors (Lipinski definition) is 2.